The third-order valence-electron chi connectivity index (χ3n) is 4.69. The van der Waals surface area contributed by atoms with E-state index in [-0.39, 0.29) is 11.7 Å². The van der Waals surface area contributed by atoms with Crippen molar-refractivity contribution in [3.05, 3.63) is 71.0 Å². The van der Waals surface area contributed by atoms with Gasteiger partial charge in [0.05, 0.1) is 16.8 Å². The van der Waals surface area contributed by atoms with Crippen LogP contribution >= 0.6 is 11.3 Å². The summed E-state index contributed by atoms with van der Waals surface area (Å²) in [7, 11) is 0. The quantitative estimate of drug-likeness (QED) is 0.645. The van der Waals surface area contributed by atoms with Gasteiger partial charge in [-0.1, -0.05) is 30.3 Å². The lowest BCUT2D eigenvalue weighted by Crippen LogP contribution is -2.47. The largest absolute Gasteiger partial charge is 0.337 e. The van der Waals surface area contributed by atoms with Gasteiger partial charge in [-0.05, 0) is 24.3 Å². The van der Waals surface area contributed by atoms with Crippen molar-refractivity contribution in [3.8, 4) is 0 Å². The van der Waals surface area contributed by atoms with E-state index < -0.39 is 0 Å². The minimum absolute atomic E-state index is 0.0714. The van der Waals surface area contributed by atoms with Gasteiger partial charge in [0.1, 0.15) is 10.8 Å². The SMILES string of the molecule is O=C(C=Cc1ccccc1F)N1CCN(Cc2nc3ccccc3s2)CC1. The van der Waals surface area contributed by atoms with Crippen LogP contribution in [0.3, 0.4) is 0 Å². The Balaban J connectivity index is 1.31. The van der Waals surface area contributed by atoms with Crippen molar-refractivity contribution in [2.45, 2.75) is 6.54 Å². The number of fused-ring (bicyclic) bond motifs is 1. The molecule has 1 amide bonds. The molecule has 138 valence electrons. The van der Waals surface area contributed by atoms with Crippen molar-refractivity contribution in [3.63, 3.8) is 0 Å². The fourth-order valence-electron chi connectivity index (χ4n) is 3.18. The lowest BCUT2D eigenvalue weighted by atomic mass is 10.2. The lowest BCUT2D eigenvalue weighted by Gasteiger charge is -2.33. The van der Waals surface area contributed by atoms with Crippen LogP contribution in [0.25, 0.3) is 16.3 Å². The van der Waals surface area contributed by atoms with Gasteiger partial charge in [0, 0.05) is 37.8 Å². The summed E-state index contributed by atoms with van der Waals surface area (Å²) in [5.74, 6) is -0.389. The van der Waals surface area contributed by atoms with Crippen molar-refractivity contribution in [2.24, 2.45) is 0 Å². The van der Waals surface area contributed by atoms with Crippen LogP contribution < -0.4 is 0 Å². The highest BCUT2D eigenvalue weighted by Gasteiger charge is 2.20. The van der Waals surface area contributed by atoms with Crippen LogP contribution in [0.2, 0.25) is 0 Å². The first-order valence-electron chi connectivity index (χ1n) is 8.97. The Kier molecular flexibility index (Phi) is 5.27. The van der Waals surface area contributed by atoms with E-state index in [0.29, 0.717) is 18.7 Å². The monoisotopic (exact) mass is 381 g/mol. The fraction of sp³-hybridized carbons (Fsp3) is 0.238. The van der Waals surface area contributed by atoms with Crippen LogP contribution in [0.5, 0.6) is 0 Å². The molecule has 1 fully saturated rings. The zero-order valence-electron chi connectivity index (χ0n) is 14.8. The van der Waals surface area contributed by atoms with Crippen molar-refractivity contribution in [1.82, 2.24) is 14.8 Å². The van der Waals surface area contributed by atoms with Gasteiger partial charge in [0.15, 0.2) is 0 Å². The van der Waals surface area contributed by atoms with Gasteiger partial charge < -0.3 is 4.90 Å². The molecule has 1 aliphatic rings. The number of halogens is 1. The maximum absolute atomic E-state index is 13.6. The maximum Gasteiger partial charge on any atom is 0.246 e. The Hall–Kier alpha value is -2.57. The molecule has 2 heterocycles. The van der Waals surface area contributed by atoms with Crippen LogP contribution in [0, 0.1) is 5.82 Å². The van der Waals surface area contributed by atoms with Crippen LogP contribution in [-0.2, 0) is 11.3 Å². The van der Waals surface area contributed by atoms with Crippen LogP contribution in [-0.4, -0.2) is 46.9 Å². The number of amides is 1. The average Bonchev–Trinajstić information content (AvgIpc) is 3.10. The predicted molar refractivity (Wildman–Crippen MR) is 107 cm³/mol. The molecule has 27 heavy (non-hydrogen) atoms. The highest BCUT2D eigenvalue weighted by Crippen LogP contribution is 2.23. The molecule has 0 spiro atoms. The molecule has 1 aliphatic heterocycles. The first-order valence-corrected chi connectivity index (χ1v) is 9.79. The molecule has 3 aromatic rings. The minimum Gasteiger partial charge on any atom is -0.337 e. The average molecular weight is 381 g/mol. The Morgan fingerprint density at radius 3 is 2.59 bits per heavy atom. The number of para-hydroxylation sites is 1. The van der Waals surface area contributed by atoms with E-state index in [1.165, 1.54) is 16.8 Å². The van der Waals surface area contributed by atoms with E-state index in [2.05, 4.69) is 16.0 Å². The van der Waals surface area contributed by atoms with Crippen molar-refractivity contribution < 1.29 is 9.18 Å². The number of benzene rings is 2. The fourth-order valence-corrected chi connectivity index (χ4v) is 4.19. The third kappa shape index (κ3) is 4.23. The molecule has 1 aromatic heterocycles. The summed E-state index contributed by atoms with van der Waals surface area (Å²) in [6.07, 6.45) is 3.01. The van der Waals surface area contributed by atoms with E-state index in [4.69, 9.17) is 0 Å². The second kappa shape index (κ2) is 7.98. The predicted octanol–water partition coefficient (Wildman–Crippen LogP) is 3.79. The van der Waals surface area contributed by atoms with Crippen LogP contribution in [0.4, 0.5) is 4.39 Å². The number of nitrogens with zero attached hydrogens (tertiary/aromatic N) is 3. The zero-order valence-corrected chi connectivity index (χ0v) is 15.7. The molecular formula is C21H20FN3OS. The molecule has 0 unspecified atom stereocenters. The number of hydrogen-bond donors (Lipinski definition) is 0. The molecular weight excluding hydrogens is 361 g/mol. The summed E-state index contributed by atoms with van der Waals surface area (Å²) in [6, 6.07) is 14.6. The number of carbonyl (C=O) groups is 1. The van der Waals surface area contributed by atoms with Crippen molar-refractivity contribution >= 4 is 33.5 Å². The Morgan fingerprint density at radius 2 is 1.81 bits per heavy atom. The summed E-state index contributed by atoms with van der Waals surface area (Å²) >= 11 is 1.73. The summed E-state index contributed by atoms with van der Waals surface area (Å²) in [6.45, 7) is 3.79. The topological polar surface area (TPSA) is 36.4 Å². The van der Waals surface area contributed by atoms with Crippen LogP contribution in [0.1, 0.15) is 10.6 Å². The number of piperazine rings is 1. The molecule has 4 nitrogen and oxygen atoms in total. The van der Waals surface area contributed by atoms with Gasteiger partial charge in [0.2, 0.25) is 5.91 Å². The lowest BCUT2D eigenvalue weighted by molar-refractivity contribution is -0.127. The summed E-state index contributed by atoms with van der Waals surface area (Å²) in [4.78, 5) is 21.2. The highest BCUT2D eigenvalue weighted by atomic mass is 32.1. The van der Waals surface area contributed by atoms with Gasteiger partial charge in [-0.15, -0.1) is 11.3 Å². The smallest absolute Gasteiger partial charge is 0.246 e. The molecule has 4 rings (SSSR count). The molecule has 6 heteroatoms. The highest BCUT2D eigenvalue weighted by molar-refractivity contribution is 7.18. The number of thiazole rings is 1. The Labute approximate surface area is 161 Å². The van der Waals surface area contributed by atoms with Gasteiger partial charge in [-0.3, -0.25) is 9.69 Å². The van der Waals surface area contributed by atoms with Gasteiger partial charge in [0.25, 0.3) is 0 Å². The van der Waals surface area contributed by atoms with Gasteiger partial charge >= 0.3 is 0 Å². The Bertz CT molecular complexity index is 943. The maximum atomic E-state index is 13.6. The Morgan fingerprint density at radius 1 is 1.07 bits per heavy atom. The molecule has 0 radical (unpaired) electrons. The summed E-state index contributed by atoms with van der Waals surface area (Å²) in [5, 5.41) is 1.11. The second-order valence-electron chi connectivity index (χ2n) is 6.53. The standard InChI is InChI=1S/C21H20FN3OS/c22-17-6-2-1-5-16(17)9-10-21(26)25-13-11-24(12-14-25)15-20-23-18-7-3-4-8-19(18)27-20/h1-10H,11-15H2. The zero-order chi connectivity index (χ0) is 18.6. The second-order valence-corrected chi connectivity index (χ2v) is 7.65. The minimum atomic E-state index is -0.317. The first kappa shape index (κ1) is 17.8. The summed E-state index contributed by atoms with van der Waals surface area (Å²) in [5.41, 5.74) is 1.48. The van der Waals surface area contributed by atoms with E-state index >= 15 is 0 Å². The molecule has 0 saturated carbocycles. The van der Waals surface area contributed by atoms with Gasteiger partial charge in [-0.2, -0.15) is 0 Å². The molecule has 0 bridgehead atoms. The molecule has 0 N–H and O–H groups in total. The van der Waals surface area contributed by atoms with E-state index in [0.717, 1.165) is 30.2 Å². The number of aromatic nitrogens is 1. The van der Waals surface area contributed by atoms with E-state index in [9.17, 15) is 9.18 Å². The van der Waals surface area contributed by atoms with E-state index in [1.807, 2.05) is 23.1 Å². The van der Waals surface area contributed by atoms with Crippen LogP contribution in [0.15, 0.2) is 54.6 Å². The van der Waals surface area contributed by atoms with E-state index in [1.54, 1.807) is 35.6 Å². The normalized spacial score (nSPS) is 15.7. The number of hydrogen-bond acceptors (Lipinski definition) is 4. The molecule has 0 atom stereocenters. The first-order chi connectivity index (χ1) is 13.2. The van der Waals surface area contributed by atoms with Crippen molar-refractivity contribution in [2.75, 3.05) is 26.2 Å². The molecule has 2 aromatic carbocycles. The van der Waals surface area contributed by atoms with Gasteiger partial charge in [-0.25, -0.2) is 9.37 Å². The molecule has 1 saturated heterocycles. The number of rotatable bonds is 4. The summed E-state index contributed by atoms with van der Waals surface area (Å²) < 4.78 is 14.8. The molecule has 0 aliphatic carbocycles. The van der Waals surface area contributed by atoms with Crippen molar-refractivity contribution in [1.29, 1.82) is 0 Å². The number of carbonyl (C=O) groups excluding carboxylic acids is 1. The third-order valence-corrected chi connectivity index (χ3v) is 5.71.